The summed E-state index contributed by atoms with van der Waals surface area (Å²) in [4.78, 5) is 32.5. The van der Waals surface area contributed by atoms with Crippen molar-refractivity contribution in [3.05, 3.63) is 46.8 Å². The monoisotopic (exact) mass is 400 g/mol. The van der Waals surface area contributed by atoms with Crippen LogP contribution in [-0.2, 0) is 16.0 Å². The number of primary amides is 1. The van der Waals surface area contributed by atoms with Crippen LogP contribution in [0.4, 0.5) is 5.13 Å². The van der Waals surface area contributed by atoms with Crippen LogP contribution in [0.15, 0.2) is 28.5 Å². The number of pyridine rings is 1. The number of nitrogens with zero attached hydrogens (tertiary/aromatic N) is 2. The molecule has 3 N–H and O–H groups in total. The van der Waals surface area contributed by atoms with Gasteiger partial charge in [0.25, 0.3) is 0 Å². The lowest BCUT2D eigenvalue weighted by molar-refractivity contribution is -0.116. The molecular weight excluding hydrogens is 380 g/mol. The van der Waals surface area contributed by atoms with Gasteiger partial charge in [-0.1, -0.05) is 29.5 Å². The van der Waals surface area contributed by atoms with E-state index in [0.717, 1.165) is 37.6 Å². The van der Waals surface area contributed by atoms with Crippen molar-refractivity contribution >= 4 is 50.9 Å². The lowest BCUT2D eigenvalue weighted by atomic mass is 9.99. The molecule has 0 unspecified atom stereocenters. The van der Waals surface area contributed by atoms with Gasteiger partial charge in [-0.2, -0.15) is 0 Å². The molecule has 6 nitrogen and oxygen atoms in total. The van der Waals surface area contributed by atoms with E-state index < -0.39 is 0 Å². The van der Waals surface area contributed by atoms with E-state index in [1.165, 1.54) is 23.1 Å². The highest BCUT2D eigenvalue weighted by Crippen LogP contribution is 2.32. The van der Waals surface area contributed by atoms with Crippen LogP contribution in [0, 0.1) is 20.8 Å². The first-order valence-corrected chi connectivity index (χ1v) is 10.2. The highest BCUT2D eigenvalue weighted by Gasteiger charge is 2.15. The molecule has 0 atom stereocenters. The Morgan fingerprint density at radius 2 is 1.89 bits per heavy atom. The second kappa shape index (κ2) is 8.06. The predicted octanol–water partition coefficient (Wildman–Crippen LogP) is 3.38. The highest BCUT2D eigenvalue weighted by molar-refractivity contribution is 8.01. The number of carbonyl (C=O) groups excluding carboxylic acids is 2. The maximum absolute atomic E-state index is 12.6. The first-order valence-electron chi connectivity index (χ1n) is 8.38. The zero-order chi connectivity index (χ0) is 19.6. The zero-order valence-electron chi connectivity index (χ0n) is 15.3. The Morgan fingerprint density at radius 1 is 1.15 bits per heavy atom. The number of nitrogens with two attached hydrogens (primary N) is 1. The molecule has 0 spiro atoms. The molecule has 3 rings (SSSR count). The first-order chi connectivity index (χ1) is 12.8. The summed E-state index contributed by atoms with van der Waals surface area (Å²) in [6, 6.07) is 7.92. The van der Waals surface area contributed by atoms with Crippen LogP contribution in [-0.4, -0.2) is 27.5 Å². The van der Waals surface area contributed by atoms with Crippen LogP contribution < -0.4 is 11.1 Å². The molecule has 0 bridgehead atoms. The van der Waals surface area contributed by atoms with Crippen LogP contribution in [0.2, 0.25) is 0 Å². The average molecular weight is 401 g/mol. The molecule has 0 aliphatic rings. The number of fused-ring (bicyclic) bond motifs is 1. The summed E-state index contributed by atoms with van der Waals surface area (Å²) in [5.41, 5.74) is 9.75. The lowest BCUT2D eigenvalue weighted by Crippen LogP contribution is -2.16. The number of nitrogens with one attached hydrogen (secondary N) is 1. The molecule has 0 saturated heterocycles. The van der Waals surface area contributed by atoms with Crippen molar-refractivity contribution < 1.29 is 9.59 Å². The predicted molar refractivity (Wildman–Crippen MR) is 110 cm³/mol. The fraction of sp³-hybridized carbons (Fsp3) is 0.263. The molecule has 8 heteroatoms. The summed E-state index contributed by atoms with van der Waals surface area (Å²) in [7, 11) is 0. The number of para-hydroxylation sites is 1. The fourth-order valence-electron chi connectivity index (χ4n) is 2.86. The Kier molecular flexibility index (Phi) is 5.76. The smallest absolute Gasteiger partial charge is 0.230 e. The molecule has 3 aromatic rings. The first kappa shape index (κ1) is 19.3. The number of anilines is 1. The van der Waals surface area contributed by atoms with Gasteiger partial charge in [-0.3, -0.25) is 14.6 Å². The maximum atomic E-state index is 12.6. The number of hydrogen-bond donors (Lipinski definition) is 2. The number of hydrogen-bond acceptors (Lipinski definition) is 6. The normalized spacial score (nSPS) is 10.9. The molecule has 2 heterocycles. The fourth-order valence-corrected chi connectivity index (χ4v) is 4.75. The molecule has 2 amide bonds. The number of rotatable bonds is 6. The summed E-state index contributed by atoms with van der Waals surface area (Å²) in [5, 5.41) is 4.43. The van der Waals surface area contributed by atoms with E-state index in [1.807, 2.05) is 45.0 Å². The van der Waals surface area contributed by atoms with E-state index >= 15 is 0 Å². The van der Waals surface area contributed by atoms with E-state index in [9.17, 15) is 9.59 Å². The number of carbonyl (C=O) groups is 2. The Morgan fingerprint density at radius 3 is 2.63 bits per heavy atom. The molecule has 1 aromatic carbocycles. The van der Waals surface area contributed by atoms with Gasteiger partial charge in [-0.15, -0.1) is 11.8 Å². The Bertz CT molecular complexity index is 1030. The van der Waals surface area contributed by atoms with Crippen molar-refractivity contribution in [1.82, 2.24) is 9.97 Å². The largest absolute Gasteiger partial charge is 0.369 e. The van der Waals surface area contributed by atoms with E-state index in [0.29, 0.717) is 5.13 Å². The Labute approximate surface area is 165 Å². The van der Waals surface area contributed by atoms with Gasteiger partial charge in [-0.05, 0) is 38.0 Å². The molecule has 0 saturated carbocycles. The van der Waals surface area contributed by atoms with Crippen molar-refractivity contribution in [3.8, 4) is 0 Å². The summed E-state index contributed by atoms with van der Waals surface area (Å²) in [6.07, 6.45) is 0.234. The molecule has 2 aromatic heterocycles. The maximum Gasteiger partial charge on any atom is 0.230 e. The minimum Gasteiger partial charge on any atom is -0.369 e. The number of thiazole rings is 1. The number of thioether (sulfide) groups is 1. The topological polar surface area (TPSA) is 98.0 Å². The highest BCUT2D eigenvalue weighted by atomic mass is 32.2. The Balaban J connectivity index is 1.76. The van der Waals surface area contributed by atoms with Gasteiger partial charge in [0.1, 0.15) is 0 Å². The number of benzene rings is 1. The summed E-state index contributed by atoms with van der Waals surface area (Å²) < 4.78 is 0.879. The van der Waals surface area contributed by atoms with Gasteiger partial charge >= 0.3 is 0 Å². The van der Waals surface area contributed by atoms with E-state index in [1.54, 1.807) is 0 Å². The zero-order valence-corrected chi connectivity index (χ0v) is 17.0. The molecule has 0 aliphatic heterocycles. The van der Waals surface area contributed by atoms with Crippen LogP contribution in [0.1, 0.15) is 22.5 Å². The van der Waals surface area contributed by atoms with Crippen molar-refractivity contribution in [2.24, 2.45) is 5.73 Å². The molecule has 140 valence electrons. The van der Waals surface area contributed by atoms with E-state index in [-0.39, 0.29) is 24.0 Å². The standard InChI is InChI=1S/C19H20N4O2S2/c1-10-13-6-4-5-7-15(13)21-11(2)14(10)8-17(25)23-19-22-12(3)18(27-19)26-9-16(20)24/h4-7H,8-9H2,1-3H3,(H2,20,24)(H,22,23,25). The van der Waals surface area contributed by atoms with Crippen LogP contribution in [0.3, 0.4) is 0 Å². The van der Waals surface area contributed by atoms with Gasteiger partial charge in [0.2, 0.25) is 11.8 Å². The summed E-state index contributed by atoms with van der Waals surface area (Å²) >= 11 is 2.68. The van der Waals surface area contributed by atoms with Crippen LogP contribution in [0.25, 0.3) is 10.9 Å². The van der Waals surface area contributed by atoms with Gasteiger partial charge < -0.3 is 11.1 Å². The van der Waals surface area contributed by atoms with Gasteiger partial charge in [0.15, 0.2) is 5.13 Å². The third-order valence-corrected chi connectivity index (χ3v) is 6.63. The van der Waals surface area contributed by atoms with Crippen LogP contribution in [0.5, 0.6) is 0 Å². The number of amides is 2. The van der Waals surface area contributed by atoms with Crippen molar-refractivity contribution in [3.63, 3.8) is 0 Å². The third kappa shape index (κ3) is 4.45. The van der Waals surface area contributed by atoms with E-state index in [4.69, 9.17) is 5.73 Å². The lowest BCUT2D eigenvalue weighted by Gasteiger charge is -2.12. The summed E-state index contributed by atoms with van der Waals surface area (Å²) in [6.45, 7) is 5.79. The average Bonchev–Trinajstić information content (AvgIpc) is 2.96. The second-order valence-corrected chi connectivity index (χ2v) is 8.43. The van der Waals surface area contributed by atoms with Gasteiger partial charge in [-0.25, -0.2) is 4.98 Å². The number of aryl methyl sites for hydroxylation is 3. The van der Waals surface area contributed by atoms with Gasteiger partial charge in [0.05, 0.1) is 27.6 Å². The van der Waals surface area contributed by atoms with Crippen molar-refractivity contribution in [2.45, 2.75) is 31.4 Å². The van der Waals surface area contributed by atoms with Gasteiger partial charge in [0, 0.05) is 11.1 Å². The molecule has 0 radical (unpaired) electrons. The van der Waals surface area contributed by atoms with Crippen LogP contribution >= 0.6 is 23.1 Å². The molecule has 0 fully saturated rings. The minimum atomic E-state index is -0.381. The minimum absolute atomic E-state index is 0.140. The second-order valence-electron chi connectivity index (χ2n) is 6.19. The molecule has 0 aliphatic carbocycles. The van der Waals surface area contributed by atoms with Crippen molar-refractivity contribution in [1.29, 1.82) is 0 Å². The molecular formula is C19H20N4O2S2. The quantitative estimate of drug-likeness (QED) is 0.618. The SMILES string of the molecule is Cc1nc(NC(=O)Cc2c(C)nc3ccccc3c2C)sc1SCC(N)=O. The third-order valence-electron chi connectivity index (χ3n) is 4.17. The summed E-state index contributed by atoms with van der Waals surface area (Å²) in [5.74, 6) is -0.330. The van der Waals surface area contributed by atoms with Crippen molar-refractivity contribution in [2.75, 3.05) is 11.1 Å². The van der Waals surface area contributed by atoms with E-state index in [2.05, 4.69) is 15.3 Å². The molecule has 27 heavy (non-hydrogen) atoms. The Hall–Kier alpha value is -2.45. The number of aromatic nitrogens is 2.